The molecule has 4 nitrogen and oxygen atoms in total. The van der Waals surface area contributed by atoms with E-state index in [1.54, 1.807) is 12.1 Å². The number of rotatable bonds is 3. The number of carbonyl (C=O) groups excluding carboxylic acids is 1. The molecule has 1 amide bonds. The molecule has 1 aromatic heterocycles. The van der Waals surface area contributed by atoms with Gasteiger partial charge in [0.05, 0.1) is 10.6 Å². The Balaban J connectivity index is 1.48. The zero-order valence-corrected chi connectivity index (χ0v) is 15.1. The molecule has 134 valence electrons. The highest BCUT2D eigenvalue weighted by Gasteiger charge is 2.24. The normalized spacial score (nSPS) is 21.5. The van der Waals surface area contributed by atoms with Gasteiger partial charge in [-0.2, -0.15) is 0 Å². The summed E-state index contributed by atoms with van der Waals surface area (Å²) in [5.41, 5.74) is 1.63. The number of nitrogens with zero attached hydrogens (tertiary/aromatic N) is 2. The summed E-state index contributed by atoms with van der Waals surface area (Å²) in [4.78, 5) is 17.2. The minimum absolute atomic E-state index is 0.152. The van der Waals surface area contributed by atoms with E-state index < -0.39 is 0 Å². The quantitative estimate of drug-likeness (QED) is 0.772. The summed E-state index contributed by atoms with van der Waals surface area (Å²) in [6.45, 7) is 0. The fourth-order valence-electron chi connectivity index (χ4n) is 3.39. The highest BCUT2D eigenvalue weighted by Crippen LogP contribution is 2.31. The van der Waals surface area contributed by atoms with Gasteiger partial charge in [0.15, 0.2) is 5.17 Å². The third-order valence-corrected chi connectivity index (χ3v) is 5.65. The average Bonchev–Trinajstić information content (AvgIpc) is 3.25. The Hall–Kier alpha value is -2.34. The number of aromatic nitrogens is 1. The van der Waals surface area contributed by atoms with E-state index in [1.807, 2.05) is 12.1 Å². The van der Waals surface area contributed by atoms with Gasteiger partial charge in [-0.05, 0) is 66.6 Å². The summed E-state index contributed by atoms with van der Waals surface area (Å²) in [5, 5.41) is 3.28. The lowest BCUT2D eigenvalue weighted by molar-refractivity contribution is -0.115. The predicted octanol–water partition coefficient (Wildman–Crippen LogP) is 5.02. The van der Waals surface area contributed by atoms with E-state index in [4.69, 9.17) is 0 Å². The molecule has 2 heterocycles. The van der Waals surface area contributed by atoms with Gasteiger partial charge in [0.1, 0.15) is 5.82 Å². The Morgan fingerprint density at radius 3 is 2.69 bits per heavy atom. The molecule has 26 heavy (non-hydrogen) atoms. The molecular weight excluding hydrogens is 349 g/mol. The first kappa shape index (κ1) is 17.1. The summed E-state index contributed by atoms with van der Waals surface area (Å²) in [5.74, 6) is -0.457. The molecule has 0 unspecified atom stereocenters. The smallest absolute Gasteiger partial charge is 0.264 e. The zero-order chi connectivity index (χ0) is 17.9. The second-order valence-corrected chi connectivity index (χ2v) is 7.67. The molecule has 1 aliphatic carbocycles. The van der Waals surface area contributed by atoms with Crippen LogP contribution in [0.25, 0.3) is 6.08 Å². The fourth-order valence-corrected chi connectivity index (χ4v) is 4.23. The van der Waals surface area contributed by atoms with Crippen LogP contribution >= 0.6 is 11.8 Å². The molecule has 6 heteroatoms. The summed E-state index contributed by atoms with van der Waals surface area (Å²) in [6.07, 6.45) is 12.5. The first-order chi connectivity index (χ1) is 12.7. The van der Waals surface area contributed by atoms with Gasteiger partial charge in [-0.1, -0.05) is 19.3 Å². The molecule has 1 saturated carbocycles. The van der Waals surface area contributed by atoms with Crippen molar-refractivity contribution in [1.29, 1.82) is 0 Å². The summed E-state index contributed by atoms with van der Waals surface area (Å²) in [7, 11) is 0. The average molecular weight is 369 g/mol. The van der Waals surface area contributed by atoms with Crippen molar-refractivity contribution in [2.75, 3.05) is 0 Å². The van der Waals surface area contributed by atoms with Crippen molar-refractivity contribution in [3.8, 4) is 0 Å². The molecule has 1 N–H and O–H groups in total. The van der Waals surface area contributed by atoms with E-state index in [-0.39, 0.29) is 11.7 Å². The monoisotopic (exact) mass is 369 g/mol. The van der Waals surface area contributed by atoms with Crippen molar-refractivity contribution in [3.05, 3.63) is 59.0 Å². The minimum Gasteiger partial charge on any atom is -0.351 e. The summed E-state index contributed by atoms with van der Waals surface area (Å²) >= 11 is 1.30. The Morgan fingerprint density at radius 2 is 1.92 bits per heavy atom. The van der Waals surface area contributed by atoms with Crippen LogP contribution < -0.4 is 5.32 Å². The first-order valence-corrected chi connectivity index (χ1v) is 9.72. The predicted molar refractivity (Wildman–Crippen MR) is 104 cm³/mol. The van der Waals surface area contributed by atoms with Crippen LogP contribution in [0.1, 0.15) is 43.7 Å². The van der Waals surface area contributed by atoms with Crippen LogP contribution in [-0.4, -0.2) is 15.6 Å². The highest BCUT2D eigenvalue weighted by atomic mass is 32.2. The second-order valence-electron chi connectivity index (χ2n) is 6.64. The fraction of sp³-hybridized carbons (Fsp3) is 0.300. The number of aliphatic imine (C=N–C) groups is 1. The van der Waals surface area contributed by atoms with Crippen molar-refractivity contribution in [3.63, 3.8) is 0 Å². The number of hydrogen-bond donors (Lipinski definition) is 1. The SMILES string of the molecule is O=C1NC(=Nc2ccc(F)cc2)S/C1=C/c1ccn(C2CCCCC2)c1. The molecule has 1 saturated heterocycles. The number of nitrogens with one attached hydrogen (secondary N) is 1. The van der Waals surface area contributed by atoms with Crippen molar-refractivity contribution in [2.24, 2.45) is 4.99 Å². The van der Waals surface area contributed by atoms with Gasteiger partial charge in [0.25, 0.3) is 5.91 Å². The van der Waals surface area contributed by atoms with E-state index in [1.165, 1.54) is 56.0 Å². The highest BCUT2D eigenvalue weighted by molar-refractivity contribution is 8.18. The lowest BCUT2D eigenvalue weighted by Gasteiger charge is -2.23. The number of amides is 1. The number of carbonyl (C=O) groups is 1. The van der Waals surface area contributed by atoms with Crippen LogP contribution in [0.5, 0.6) is 0 Å². The van der Waals surface area contributed by atoms with E-state index >= 15 is 0 Å². The van der Waals surface area contributed by atoms with Gasteiger partial charge < -0.3 is 9.88 Å². The van der Waals surface area contributed by atoms with E-state index in [0.717, 1.165) is 5.56 Å². The topological polar surface area (TPSA) is 46.4 Å². The molecule has 0 spiro atoms. The molecule has 2 aliphatic rings. The van der Waals surface area contributed by atoms with Gasteiger partial charge in [-0.15, -0.1) is 0 Å². The maximum atomic E-state index is 13.0. The van der Waals surface area contributed by atoms with Crippen LogP contribution in [-0.2, 0) is 4.79 Å². The largest absolute Gasteiger partial charge is 0.351 e. The Morgan fingerprint density at radius 1 is 1.15 bits per heavy atom. The molecule has 2 fully saturated rings. The molecule has 4 rings (SSSR count). The van der Waals surface area contributed by atoms with Crippen LogP contribution in [0.2, 0.25) is 0 Å². The van der Waals surface area contributed by atoms with E-state index in [2.05, 4.69) is 27.3 Å². The Kier molecular flexibility index (Phi) is 4.93. The van der Waals surface area contributed by atoms with Crippen molar-refractivity contribution < 1.29 is 9.18 Å². The minimum atomic E-state index is -0.305. The van der Waals surface area contributed by atoms with Gasteiger partial charge in [0.2, 0.25) is 0 Å². The zero-order valence-electron chi connectivity index (χ0n) is 14.3. The molecule has 0 bridgehead atoms. The first-order valence-electron chi connectivity index (χ1n) is 8.90. The van der Waals surface area contributed by atoms with Crippen molar-refractivity contribution in [2.45, 2.75) is 38.1 Å². The third-order valence-electron chi connectivity index (χ3n) is 4.74. The standard InChI is InChI=1S/C20H20FN3OS/c21-15-6-8-16(9-7-15)22-20-23-19(25)18(26-20)12-14-10-11-24(13-14)17-4-2-1-3-5-17/h6-13,17H,1-5H2,(H,22,23,25)/b18-12+. The number of benzene rings is 1. The van der Waals surface area contributed by atoms with Crippen LogP contribution in [0.15, 0.2) is 52.6 Å². The van der Waals surface area contributed by atoms with Gasteiger partial charge >= 0.3 is 0 Å². The number of amidine groups is 1. The lowest BCUT2D eigenvalue weighted by atomic mass is 9.95. The van der Waals surface area contributed by atoms with Gasteiger partial charge in [0, 0.05) is 18.4 Å². The van der Waals surface area contributed by atoms with Crippen LogP contribution in [0.4, 0.5) is 10.1 Å². The summed E-state index contributed by atoms with van der Waals surface area (Å²) < 4.78 is 15.2. The molecule has 1 aliphatic heterocycles. The molecule has 0 atom stereocenters. The van der Waals surface area contributed by atoms with Crippen molar-refractivity contribution in [1.82, 2.24) is 9.88 Å². The van der Waals surface area contributed by atoms with Crippen LogP contribution in [0.3, 0.4) is 0 Å². The Bertz CT molecular complexity index is 863. The Labute approximate surface area is 156 Å². The van der Waals surface area contributed by atoms with Crippen molar-refractivity contribution >= 4 is 34.6 Å². The van der Waals surface area contributed by atoms with Gasteiger partial charge in [-0.3, -0.25) is 4.79 Å². The van der Waals surface area contributed by atoms with Crippen LogP contribution in [0, 0.1) is 5.82 Å². The molecule has 0 radical (unpaired) electrons. The molecule has 2 aromatic rings. The van der Waals surface area contributed by atoms with E-state index in [0.29, 0.717) is 21.8 Å². The maximum absolute atomic E-state index is 13.0. The number of thioether (sulfide) groups is 1. The lowest BCUT2D eigenvalue weighted by Crippen LogP contribution is -2.19. The molecule has 1 aromatic carbocycles. The summed E-state index contributed by atoms with van der Waals surface area (Å²) in [6, 6.07) is 8.50. The number of halogens is 1. The third kappa shape index (κ3) is 3.90. The maximum Gasteiger partial charge on any atom is 0.264 e. The second kappa shape index (κ2) is 7.50. The van der Waals surface area contributed by atoms with E-state index in [9.17, 15) is 9.18 Å². The van der Waals surface area contributed by atoms with Gasteiger partial charge in [-0.25, -0.2) is 9.38 Å². The molecular formula is C20H20FN3OS. The number of hydrogen-bond acceptors (Lipinski definition) is 3.